The van der Waals surface area contributed by atoms with Crippen LogP contribution in [0.25, 0.3) is 21.7 Å². The molecule has 0 unspecified atom stereocenters. The summed E-state index contributed by atoms with van der Waals surface area (Å²) in [7, 11) is -3.79. The molecule has 0 saturated carbocycles. The molecular formula is C17H13FN2O3S2. The van der Waals surface area contributed by atoms with Crippen LogP contribution in [0.4, 0.5) is 4.39 Å². The smallest absolute Gasteiger partial charge is 0.238 e. The molecule has 1 heterocycles. The number of sulfonamides is 1. The Morgan fingerprint density at radius 1 is 1.04 bits per heavy atom. The van der Waals surface area contributed by atoms with Crippen LogP contribution in [-0.4, -0.2) is 19.2 Å². The average molecular weight is 376 g/mol. The van der Waals surface area contributed by atoms with Crippen LogP contribution in [-0.2, 0) is 10.0 Å². The second kappa shape index (κ2) is 6.47. The molecule has 1 aromatic heterocycles. The van der Waals surface area contributed by atoms with Crippen LogP contribution in [0, 0.1) is 5.82 Å². The average Bonchev–Trinajstić information content (AvgIpc) is 3.00. The maximum Gasteiger partial charge on any atom is 0.238 e. The minimum absolute atomic E-state index is 0.0124. The van der Waals surface area contributed by atoms with E-state index in [1.54, 1.807) is 24.3 Å². The standard InChI is InChI=1S/C17H13FN2O3S2/c1-10(21)17-20-15(11-4-8-14(9-5-11)25(19,22)23)16(24-17)12-2-6-13(18)7-3-12/h2-9H,1H3,(H2,19,22,23). The zero-order valence-electron chi connectivity index (χ0n) is 13.1. The summed E-state index contributed by atoms with van der Waals surface area (Å²) in [5.74, 6) is -0.542. The fourth-order valence-corrected chi connectivity index (χ4v) is 3.77. The Morgan fingerprint density at radius 3 is 2.12 bits per heavy atom. The normalized spacial score (nSPS) is 11.5. The van der Waals surface area contributed by atoms with Gasteiger partial charge in [0.25, 0.3) is 0 Å². The molecule has 2 aromatic carbocycles. The molecular weight excluding hydrogens is 363 g/mol. The van der Waals surface area contributed by atoms with Gasteiger partial charge in [-0.1, -0.05) is 24.3 Å². The van der Waals surface area contributed by atoms with Crippen molar-refractivity contribution in [3.63, 3.8) is 0 Å². The fraction of sp³-hybridized carbons (Fsp3) is 0.0588. The zero-order chi connectivity index (χ0) is 18.2. The number of aromatic nitrogens is 1. The van der Waals surface area contributed by atoms with Crippen LogP contribution in [0.5, 0.6) is 0 Å². The molecule has 0 amide bonds. The number of ketones is 1. The summed E-state index contributed by atoms with van der Waals surface area (Å²) in [5.41, 5.74) is 1.88. The number of nitrogens with zero attached hydrogens (tertiary/aromatic N) is 1. The van der Waals surface area contributed by atoms with Crippen LogP contribution in [0.2, 0.25) is 0 Å². The number of thiazole rings is 1. The number of Topliss-reactive ketones (excluding diaryl/α,β-unsaturated/α-hetero) is 1. The number of hydrogen-bond donors (Lipinski definition) is 1. The van der Waals surface area contributed by atoms with Gasteiger partial charge >= 0.3 is 0 Å². The fourth-order valence-electron chi connectivity index (χ4n) is 2.27. The van der Waals surface area contributed by atoms with Gasteiger partial charge in [-0.25, -0.2) is 22.9 Å². The summed E-state index contributed by atoms with van der Waals surface area (Å²) in [4.78, 5) is 16.8. The molecule has 3 aromatic rings. The molecule has 0 radical (unpaired) electrons. The zero-order valence-corrected chi connectivity index (χ0v) is 14.7. The van der Waals surface area contributed by atoms with E-state index >= 15 is 0 Å². The molecule has 0 aliphatic rings. The second-order valence-corrected chi connectivity index (χ2v) is 7.89. The Labute approximate surface area is 148 Å². The first-order chi connectivity index (χ1) is 11.8. The summed E-state index contributed by atoms with van der Waals surface area (Å²) in [6.45, 7) is 1.42. The molecule has 2 N–H and O–H groups in total. The molecule has 8 heteroatoms. The van der Waals surface area contributed by atoms with Crippen molar-refractivity contribution in [2.45, 2.75) is 11.8 Å². The summed E-state index contributed by atoms with van der Waals surface area (Å²) in [5, 5.41) is 5.43. The maximum absolute atomic E-state index is 13.2. The Hall–Kier alpha value is -2.42. The van der Waals surface area contributed by atoms with Gasteiger partial charge in [-0.15, -0.1) is 11.3 Å². The number of hydrogen-bond acceptors (Lipinski definition) is 5. The first-order valence-corrected chi connectivity index (χ1v) is 9.53. The van der Waals surface area contributed by atoms with Gasteiger partial charge in [0.1, 0.15) is 5.82 Å². The molecule has 128 valence electrons. The molecule has 3 rings (SSSR count). The first kappa shape index (κ1) is 17.4. The number of nitrogens with two attached hydrogens (primary N) is 1. The largest absolute Gasteiger partial charge is 0.292 e. The third-order valence-electron chi connectivity index (χ3n) is 3.49. The number of rotatable bonds is 4. The van der Waals surface area contributed by atoms with Crippen LogP contribution in [0.15, 0.2) is 53.4 Å². The number of carbonyl (C=O) groups excluding carboxylic acids is 1. The van der Waals surface area contributed by atoms with Crippen molar-refractivity contribution < 1.29 is 17.6 Å². The lowest BCUT2D eigenvalue weighted by Crippen LogP contribution is -2.11. The molecule has 0 fully saturated rings. The quantitative estimate of drug-likeness (QED) is 0.706. The molecule has 0 atom stereocenters. The lowest BCUT2D eigenvalue weighted by molar-refractivity contribution is 0.101. The van der Waals surface area contributed by atoms with Gasteiger partial charge in [0.05, 0.1) is 15.5 Å². The Balaban J connectivity index is 2.14. The molecule has 25 heavy (non-hydrogen) atoms. The van der Waals surface area contributed by atoms with E-state index < -0.39 is 10.0 Å². The number of carbonyl (C=O) groups is 1. The molecule has 0 aliphatic heterocycles. The summed E-state index contributed by atoms with van der Waals surface area (Å²) in [6, 6.07) is 11.8. The van der Waals surface area contributed by atoms with Gasteiger partial charge in [-0.05, 0) is 29.8 Å². The van der Waals surface area contributed by atoms with Crippen LogP contribution >= 0.6 is 11.3 Å². The molecule has 0 spiro atoms. The predicted molar refractivity (Wildman–Crippen MR) is 94.3 cm³/mol. The maximum atomic E-state index is 13.2. The highest BCUT2D eigenvalue weighted by Crippen LogP contribution is 2.37. The number of benzene rings is 2. The van der Waals surface area contributed by atoms with E-state index in [9.17, 15) is 17.6 Å². The lowest BCUT2D eigenvalue weighted by atomic mass is 10.1. The monoisotopic (exact) mass is 376 g/mol. The Kier molecular flexibility index (Phi) is 4.51. The van der Waals surface area contributed by atoms with Crippen LogP contribution in [0.3, 0.4) is 0 Å². The second-order valence-electron chi connectivity index (χ2n) is 5.33. The van der Waals surface area contributed by atoms with E-state index in [0.29, 0.717) is 21.1 Å². The lowest BCUT2D eigenvalue weighted by Gasteiger charge is -2.04. The van der Waals surface area contributed by atoms with Crippen molar-refractivity contribution in [3.05, 3.63) is 59.4 Å². The minimum atomic E-state index is -3.79. The van der Waals surface area contributed by atoms with Crippen molar-refractivity contribution in [2.24, 2.45) is 5.14 Å². The van der Waals surface area contributed by atoms with E-state index in [4.69, 9.17) is 5.14 Å². The molecule has 0 aliphatic carbocycles. The van der Waals surface area contributed by atoms with Gasteiger partial charge in [0.2, 0.25) is 10.0 Å². The van der Waals surface area contributed by atoms with E-state index in [2.05, 4.69) is 4.98 Å². The van der Waals surface area contributed by atoms with Crippen molar-refractivity contribution in [1.29, 1.82) is 0 Å². The summed E-state index contributed by atoms with van der Waals surface area (Å²) in [6.07, 6.45) is 0. The highest BCUT2D eigenvalue weighted by Gasteiger charge is 2.18. The van der Waals surface area contributed by atoms with Crippen LogP contribution in [0.1, 0.15) is 16.7 Å². The van der Waals surface area contributed by atoms with Crippen molar-refractivity contribution in [1.82, 2.24) is 4.98 Å². The molecule has 0 saturated heterocycles. The van der Waals surface area contributed by atoms with E-state index in [0.717, 1.165) is 5.56 Å². The van der Waals surface area contributed by atoms with Gasteiger partial charge in [-0.2, -0.15) is 0 Å². The van der Waals surface area contributed by atoms with Crippen LogP contribution < -0.4 is 5.14 Å². The number of halogens is 1. The molecule has 5 nitrogen and oxygen atoms in total. The summed E-state index contributed by atoms with van der Waals surface area (Å²) < 4.78 is 35.9. The Morgan fingerprint density at radius 2 is 1.60 bits per heavy atom. The van der Waals surface area contributed by atoms with E-state index in [1.165, 1.54) is 42.5 Å². The van der Waals surface area contributed by atoms with E-state index in [-0.39, 0.29) is 16.5 Å². The SMILES string of the molecule is CC(=O)c1nc(-c2ccc(S(N)(=O)=O)cc2)c(-c2ccc(F)cc2)s1. The first-order valence-electron chi connectivity index (χ1n) is 7.16. The molecule has 0 bridgehead atoms. The predicted octanol–water partition coefficient (Wildman–Crippen LogP) is 3.47. The highest BCUT2D eigenvalue weighted by molar-refractivity contribution is 7.89. The third kappa shape index (κ3) is 3.65. The van der Waals surface area contributed by atoms with E-state index in [1.807, 2.05) is 0 Å². The van der Waals surface area contributed by atoms with Crippen molar-refractivity contribution in [2.75, 3.05) is 0 Å². The van der Waals surface area contributed by atoms with Gasteiger partial charge in [0.15, 0.2) is 10.8 Å². The topological polar surface area (TPSA) is 90.1 Å². The van der Waals surface area contributed by atoms with Gasteiger partial charge < -0.3 is 0 Å². The van der Waals surface area contributed by atoms with Gasteiger partial charge in [-0.3, -0.25) is 4.79 Å². The van der Waals surface area contributed by atoms with Crippen molar-refractivity contribution >= 4 is 27.1 Å². The van der Waals surface area contributed by atoms with Gasteiger partial charge in [0, 0.05) is 12.5 Å². The highest BCUT2D eigenvalue weighted by atomic mass is 32.2. The minimum Gasteiger partial charge on any atom is -0.292 e. The third-order valence-corrected chi connectivity index (χ3v) is 5.63. The van der Waals surface area contributed by atoms with Crippen molar-refractivity contribution in [3.8, 4) is 21.7 Å². The summed E-state index contributed by atoms with van der Waals surface area (Å²) >= 11 is 1.21. The number of primary sulfonamides is 1. The Bertz CT molecular complexity index is 1040.